The van der Waals surface area contributed by atoms with E-state index < -0.39 is 0 Å². The van der Waals surface area contributed by atoms with Crippen LogP contribution in [0, 0.1) is 0 Å². The average molecular weight is 425 g/mol. The van der Waals surface area contributed by atoms with E-state index in [0.29, 0.717) is 5.02 Å². The molecule has 0 amide bonds. The van der Waals surface area contributed by atoms with Gasteiger partial charge in [-0.2, -0.15) is 0 Å². The predicted molar refractivity (Wildman–Crippen MR) is 87.5 cm³/mol. The van der Waals surface area contributed by atoms with Crippen molar-refractivity contribution in [2.75, 3.05) is 7.11 Å². The highest BCUT2D eigenvalue weighted by molar-refractivity contribution is 9.10. The van der Waals surface area contributed by atoms with Gasteiger partial charge in [-0.1, -0.05) is 49.5 Å². The van der Waals surface area contributed by atoms with Gasteiger partial charge in [-0.3, -0.25) is 0 Å². The van der Waals surface area contributed by atoms with Gasteiger partial charge in [0.25, 0.3) is 0 Å². The minimum atomic E-state index is -0.328. The Bertz CT molecular complexity index is 602. The normalized spacial score (nSPS) is 12.3. The molecule has 0 aliphatic heterocycles. The highest BCUT2D eigenvalue weighted by Crippen LogP contribution is 2.39. The third kappa shape index (κ3) is 3.46. The summed E-state index contributed by atoms with van der Waals surface area (Å²) in [6.07, 6.45) is 0. The number of rotatable bonds is 3. The van der Waals surface area contributed by atoms with Crippen LogP contribution in [0.25, 0.3) is 0 Å². The number of alkyl halides is 1. The van der Waals surface area contributed by atoms with Crippen molar-refractivity contribution in [3.63, 3.8) is 0 Å². The Labute approximate surface area is 139 Å². The Balaban J connectivity index is 2.43. The number of methoxy groups -OCH3 is 1. The van der Waals surface area contributed by atoms with Crippen molar-refractivity contribution in [2.24, 2.45) is 0 Å². The summed E-state index contributed by atoms with van der Waals surface area (Å²) >= 11 is 19.7. The molecule has 0 bridgehead atoms. The Morgan fingerprint density at radius 3 is 2.42 bits per heavy atom. The van der Waals surface area contributed by atoms with E-state index in [-0.39, 0.29) is 5.38 Å². The molecular formula is C14H10Br2Cl2O. The Morgan fingerprint density at radius 1 is 1.05 bits per heavy atom. The summed E-state index contributed by atoms with van der Waals surface area (Å²) < 4.78 is 7.01. The molecule has 0 spiro atoms. The molecule has 1 unspecified atom stereocenters. The van der Waals surface area contributed by atoms with Crippen LogP contribution < -0.4 is 4.74 Å². The maximum atomic E-state index is 6.53. The zero-order chi connectivity index (χ0) is 14.0. The van der Waals surface area contributed by atoms with Crippen LogP contribution in [0.4, 0.5) is 0 Å². The Morgan fingerprint density at radius 2 is 1.79 bits per heavy atom. The second-order valence-electron chi connectivity index (χ2n) is 3.92. The molecule has 0 heterocycles. The molecule has 0 radical (unpaired) electrons. The predicted octanol–water partition coefficient (Wildman–Crippen LogP) is 6.20. The smallest absolute Gasteiger partial charge is 0.120 e. The third-order valence-corrected chi connectivity index (χ3v) is 4.71. The molecule has 0 aromatic heterocycles. The van der Waals surface area contributed by atoms with E-state index in [4.69, 9.17) is 27.9 Å². The van der Waals surface area contributed by atoms with Crippen molar-refractivity contribution in [3.8, 4) is 5.75 Å². The van der Waals surface area contributed by atoms with Crippen molar-refractivity contribution in [1.29, 1.82) is 0 Å². The Hall–Kier alpha value is -0.220. The van der Waals surface area contributed by atoms with Crippen molar-refractivity contribution in [3.05, 3.63) is 61.5 Å². The van der Waals surface area contributed by atoms with E-state index in [1.807, 2.05) is 36.4 Å². The van der Waals surface area contributed by atoms with Gasteiger partial charge in [0.2, 0.25) is 0 Å². The van der Waals surface area contributed by atoms with Crippen LogP contribution >= 0.6 is 55.1 Å². The molecule has 0 fully saturated rings. The average Bonchev–Trinajstić information content (AvgIpc) is 2.40. The van der Waals surface area contributed by atoms with Crippen LogP contribution in [0.3, 0.4) is 0 Å². The van der Waals surface area contributed by atoms with Gasteiger partial charge in [-0.15, -0.1) is 11.6 Å². The molecule has 100 valence electrons. The van der Waals surface area contributed by atoms with Gasteiger partial charge in [0.15, 0.2) is 0 Å². The second-order valence-corrected chi connectivity index (χ2v) is 6.53. The lowest BCUT2D eigenvalue weighted by Crippen LogP contribution is -1.96. The van der Waals surface area contributed by atoms with Crippen LogP contribution in [0.5, 0.6) is 5.75 Å². The molecule has 2 aromatic carbocycles. The van der Waals surface area contributed by atoms with Crippen molar-refractivity contribution >= 4 is 55.1 Å². The third-order valence-electron chi connectivity index (χ3n) is 2.71. The molecule has 0 aliphatic rings. The maximum absolute atomic E-state index is 6.53. The van der Waals surface area contributed by atoms with E-state index in [9.17, 15) is 0 Å². The highest BCUT2D eigenvalue weighted by atomic mass is 79.9. The van der Waals surface area contributed by atoms with Crippen molar-refractivity contribution < 1.29 is 4.74 Å². The summed E-state index contributed by atoms with van der Waals surface area (Å²) in [6, 6.07) is 11.3. The first kappa shape index (κ1) is 15.2. The Kier molecular flexibility index (Phi) is 5.18. The van der Waals surface area contributed by atoms with Gasteiger partial charge < -0.3 is 4.74 Å². The summed E-state index contributed by atoms with van der Waals surface area (Å²) in [7, 11) is 1.63. The summed E-state index contributed by atoms with van der Waals surface area (Å²) in [5, 5.41) is 0.316. The molecule has 19 heavy (non-hydrogen) atoms. The van der Waals surface area contributed by atoms with E-state index in [2.05, 4.69) is 31.9 Å². The summed E-state index contributed by atoms with van der Waals surface area (Å²) in [6.45, 7) is 0. The molecule has 1 nitrogen and oxygen atoms in total. The fourth-order valence-electron chi connectivity index (χ4n) is 1.72. The fraction of sp³-hybridized carbons (Fsp3) is 0.143. The van der Waals surface area contributed by atoms with Crippen molar-refractivity contribution in [1.82, 2.24) is 0 Å². The van der Waals surface area contributed by atoms with Crippen LogP contribution in [0.2, 0.25) is 5.02 Å². The molecule has 5 heteroatoms. The number of ether oxygens (including phenoxy) is 1. The van der Waals surface area contributed by atoms with Gasteiger partial charge in [-0.05, 0) is 41.5 Å². The topological polar surface area (TPSA) is 9.23 Å². The molecule has 0 N–H and O–H groups in total. The first-order valence-corrected chi connectivity index (χ1v) is 7.85. The van der Waals surface area contributed by atoms with E-state index >= 15 is 0 Å². The zero-order valence-corrected chi connectivity index (χ0v) is 14.6. The lowest BCUT2D eigenvalue weighted by atomic mass is 10.0. The minimum absolute atomic E-state index is 0.328. The van der Waals surface area contributed by atoms with Crippen LogP contribution in [-0.2, 0) is 0 Å². The van der Waals surface area contributed by atoms with Gasteiger partial charge >= 0.3 is 0 Å². The first-order chi connectivity index (χ1) is 9.02. The number of halogens is 4. The number of hydrogen-bond acceptors (Lipinski definition) is 1. The lowest BCUT2D eigenvalue weighted by Gasteiger charge is -2.15. The molecule has 2 rings (SSSR count). The quantitative estimate of drug-likeness (QED) is 0.533. The van der Waals surface area contributed by atoms with E-state index in [1.54, 1.807) is 7.11 Å². The number of hydrogen-bond donors (Lipinski definition) is 0. The first-order valence-electron chi connectivity index (χ1n) is 5.45. The lowest BCUT2D eigenvalue weighted by molar-refractivity contribution is 0.414. The molecular weight excluding hydrogens is 415 g/mol. The highest BCUT2D eigenvalue weighted by Gasteiger charge is 2.17. The van der Waals surface area contributed by atoms with E-state index in [1.165, 1.54) is 0 Å². The van der Waals surface area contributed by atoms with Gasteiger partial charge in [0.05, 0.1) is 12.5 Å². The monoisotopic (exact) mass is 422 g/mol. The molecule has 0 saturated carbocycles. The van der Waals surface area contributed by atoms with Gasteiger partial charge in [-0.25, -0.2) is 0 Å². The van der Waals surface area contributed by atoms with Crippen molar-refractivity contribution in [2.45, 2.75) is 5.38 Å². The molecule has 0 saturated heterocycles. The second kappa shape index (κ2) is 6.49. The van der Waals surface area contributed by atoms with Crippen LogP contribution in [-0.4, -0.2) is 7.11 Å². The molecule has 0 aliphatic carbocycles. The zero-order valence-electron chi connectivity index (χ0n) is 9.96. The van der Waals surface area contributed by atoms with Crippen LogP contribution in [0.15, 0.2) is 45.3 Å². The summed E-state index contributed by atoms with van der Waals surface area (Å²) in [4.78, 5) is 0. The minimum Gasteiger partial charge on any atom is -0.497 e. The van der Waals surface area contributed by atoms with Gasteiger partial charge in [0.1, 0.15) is 5.75 Å². The number of benzene rings is 2. The largest absolute Gasteiger partial charge is 0.497 e. The summed E-state index contributed by atoms with van der Waals surface area (Å²) in [5.41, 5.74) is 1.81. The van der Waals surface area contributed by atoms with Crippen LogP contribution in [0.1, 0.15) is 16.5 Å². The molecule has 1 atom stereocenters. The van der Waals surface area contributed by atoms with E-state index in [0.717, 1.165) is 25.8 Å². The molecule has 2 aromatic rings. The standard InChI is InChI=1S/C14H10Br2Cl2O/c1-19-9-3-4-10(12(16)7-9)14(18)11-6-8(15)2-5-13(11)17/h2-7,14H,1H3. The fourth-order valence-corrected chi connectivity index (χ4v) is 3.47. The SMILES string of the molecule is COc1ccc(C(Cl)c2cc(Br)ccc2Cl)c(Br)c1. The summed E-state index contributed by atoms with van der Waals surface area (Å²) in [5.74, 6) is 0.778. The maximum Gasteiger partial charge on any atom is 0.120 e. The van der Waals surface area contributed by atoms with Gasteiger partial charge in [0, 0.05) is 14.0 Å².